The molecule has 1 N–H and O–H groups in total. The van der Waals surface area contributed by atoms with E-state index in [1.54, 1.807) is 6.07 Å². The van der Waals surface area contributed by atoms with Gasteiger partial charge in [-0.3, -0.25) is 4.79 Å². The number of aromatic nitrogens is 2. The summed E-state index contributed by atoms with van der Waals surface area (Å²) in [6, 6.07) is 11.7. The van der Waals surface area contributed by atoms with Crippen LogP contribution in [0.5, 0.6) is 0 Å². The van der Waals surface area contributed by atoms with Crippen LogP contribution < -0.4 is 5.56 Å². The molecule has 0 bridgehead atoms. The molecule has 0 aliphatic heterocycles. The first-order valence-corrected chi connectivity index (χ1v) is 6.42. The fourth-order valence-corrected chi connectivity index (χ4v) is 2.15. The van der Waals surface area contributed by atoms with Gasteiger partial charge in [0.1, 0.15) is 5.82 Å². The van der Waals surface area contributed by atoms with Crippen molar-refractivity contribution in [2.24, 2.45) is 5.92 Å². The van der Waals surface area contributed by atoms with E-state index in [2.05, 4.69) is 22.1 Å². The highest BCUT2D eigenvalue weighted by Crippen LogP contribution is 2.31. The van der Waals surface area contributed by atoms with E-state index < -0.39 is 0 Å². The molecular weight excluding hydrogens is 224 g/mol. The normalized spacial score (nSPS) is 14.7. The van der Waals surface area contributed by atoms with Gasteiger partial charge in [0, 0.05) is 18.9 Å². The molecule has 3 heteroatoms. The van der Waals surface area contributed by atoms with Gasteiger partial charge in [0.2, 0.25) is 0 Å². The van der Waals surface area contributed by atoms with E-state index >= 15 is 0 Å². The fourth-order valence-electron chi connectivity index (χ4n) is 2.15. The molecular formula is C15H16N2O. The average Bonchev–Trinajstić information content (AvgIpc) is 3.13. The van der Waals surface area contributed by atoms with E-state index in [9.17, 15) is 4.79 Å². The number of H-pyrrole nitrogens is 1. The molecule has 0 saturated heterocycles. The Labute approximate surface area is 106 Å². The minimum atomic E-state index is -0.0356. The summed E-state index contributed by atoms with van der Waals surface area (Å²) in [5, 5.41) is 0. The summed E-state index contributed by atoms with van der Waals surface area (Å²) in [7, 11) is 0. The lowest BCUT2D eigenvalue weighted by Gasteiger charge is -2.04. The smallest absolute Gasteiger partial charge is 0.251 e. The largest absolute Gasteiger partial charge is 0.311 e. The zero-order chi connectivity index (χ0) is 12.4. The van der Waals surface area contributed by atoms with Crippen LogP contribution in [0.2, 0.25) is 0 Å². The van der Waals surface area contributed by atoms with E-state index in [-0.39, 0.29) is 5.56 Å². The first-order chi connectivity index (χ1) is 8.79. The third-order valence-corrected chi connectivity index (χ3v) is 3.25. The Morgan fingerprint density at radius 1 is 1.22 bits per heavy atom. The topological polar surface area (TPSA) is 45.8 Å². The number of benzene rings is 1. The second-order valence-corrected chi connectivity index (χ2v) is 4.99. The predicted octanol–water partition coefficient (Wildman–Crippen LogP) is 2.31. The van der Waals surface area contributed by atoms with Gasteiger partial charge < -0.3 is 4.98 Å². The van der Waals surface area contributed by atoms with Crippen LogP contribution in [-0.2, 0) is 12.8 Å². The highest BCUT2D eigenvalue weighted by atomic mass is 16.1. The number of hydrogen-bond acceptors (Lipinski definition) is 2. The van der Waals surface area contributed by atoms with E-state index in [0.717, 1.165) is 30.3 Å². The Kier molecular flexibility index (Phi) is 2.97. The Balaban J connectivity index is 1.82. The van der Waals surface area contributed by atoms with Gasteiger partial charge in [-0.2, -0.15) is 0 Å². The van der Waals surface area contributed by atoms with Crippen LogP contribution in [0.25, 0.3) is 0 Å². The lowest BCUT2D eigenvalue weighted by Crippen LogP contribution is -2.13. The van der Waals surface area contributed by atoms with Gasteiger partial charge in [0.05, 0.1) is 5.69 Å². The minimum absolute atomic E-state index is 0.0356. The van der Waals surface area contributed by atoms with Crippen molar-refractivity contribution in [3.8, 4) is 0 Å². The van der Waals surface area contributed by atoms with E-state index in [4.69, 9.17) is 0 Å². The van der Waals surface area contributed by atoms with Crippen LogP contribution in [0.4, 0.5) is 0 Å². The SMILES string of the molecule is O=c1cc(Cc2ccccc2)nc(CC2CC2)[nH]1. The lowest BCUT2D eigenvalue weighted by molar-refractivity contribution is 0.753. The summed E-state index contributed by atoms with van der Waals surface area (Å²) < 4.78 is 0. The van der Waals surface area contributed by atoms with Crippen LogP contribution in [0.3, 0.4) is 0 Å². The summed E-state index contributed by atoms with van der Waals surface area (Å²) in [6.07, 6.45) is 4.18. The molecule has 1 aromatic carbocycles. The van der Waals surface area contributed by atoms with Gasteiger partial charge in [-0.25, -0.2) is 4.98 Å². The van der Waals surface area contributed by atoms with Crippen molar-refractivity contribution in [3.05, 3.63) is 63.8 Å². The summed E-state index contributed by atoms with van der Waals surface area (Å²) >= 11 is 0. The van der Waals surface area contributed by atoms with Crippen molar-refractivity contribution in [1.29, 1.82) is 0 Å². The molecule has 0 amide bonds. The van der Waals surface area contributed by atoms with Crippen LogP contribution in [0.15, 0.2) is 41.2 Å². The number of nitrogens with zero attached hydrogens (tertiary/aromatic N) is 1. The predicted molar refractivity (Wildman–Crippen MR) is 70.5 cm³/mol. The average molecular weight is 240 g/mol. The molecule has 2 aromatic rings. The Hall–Kier alpha value is -1.90. The molecule has 1 aliphatic rings. The molecule has 0 atom stereocenters. The van der Waals surface area contributed by atoms with Gasteiger partial charge in [0.15, 0.2) is 0 Å². The van der Waals surface area contributed by atoms with Gasteiger partial charge in [-0.1, -0.05) is 30.3 Å². The number of rotatable bonds is 4. The van der Waals surface area contributed by atoms with Crippen LogP contribution in [-0.4, -0.2) is 9.97 Å². The number of hydrogen-bond donors (Lipinski definition) is 1. The summed E-state index contributed by atoms with van der Waals surface area (Å²) in [4.78, 5) is 19.0. The summed E-state index contributed by atoms with van der Waals surface area (Å²) in [5.74, 6) is 1.58. The second-order valence-electron chi connectivity index (χ2n) is 4.99. The summed E-state index contributed by atoms with van der Waals surface area (Å²) in [5.41, 5.74) is 2.01. The first-order valence-electron chi connectivity index (χ1n) is 6.42. The Morgan fingerprint density at radius 2 is 2.00 bits per heavy atom. The van der Waals surface area contributed by atoms with Crippen LogP contribution in [0, 0.1) is 5.92 Å². The standard InChI is InChI=1S/C15H16N2O/c18-15-10-13(8-11-4-2-1-3-5-11)16-14(17-15)9-12-6-7-12/h1-5,10,12H,6-9H2,(H,16,17,18). The molecule has 92 valence electrons. The highest BCUT2D eigenvalue weighted by Gasteiger charge is 2.22. The van der Waals surface area contributed by atoms with Crippen molar-refractivity contribution < 1.29 is 0 Å². The second kappa shape index (κ2) is 4.77. The molecule has 0 spiro atoms. The maximum absolute atomic E-state index is 11.6. The molecule has 0 unspecified atom stereocenters. The zero-order valence-corrected chi connectivity index (χ0v) is 10.2. The van der Waals surface area contributed by atoms with Gasteiger partial charge in [0.25, 0.3) is 5.56 Å². The molecule has 18 heavy (non-hydrogen) atoms. The molecule has 1 saturated carbocycles. The molecule has 1 aromatic heterocycles. The third-order valence-electron chi connectivity index (χ3n) is 3.25. The van der Waals surface area contributed by atoms with Gasteiger partial charge >= 0.3 is 0 Å². The van der Waals surface area contributed by atoms with Gasteiger partial charge in [-0.05, 0) is 24.3 Å². The molecule has 1 aliphatic carbocycles. The van der Waals surface area contributed by atoms with Gasteiger partial charge in [-0.15, -0.1) is 0 Å². The molecule has 0 radical (unpaired) electrons. The first kappa shape index (κ1) is 11.2. The molecule has 3 rings (SSSR count). The van der Waals surface area contributed by atoms with E-state index in [1.807, 2.05) is 18.2 Å². The van der Waals surface area contributed by atoms with Crippen molar-refractivity contribution in [2.45, 2.75) is 25.7 Å². The number of aromatic amines is 1. The van der Waals surface area contributed by atoms with E-state index in [0.29, 0.717) is 0 Å². The van der Waals surface area contributed by atoms with Crippen molar-refractivity contribution >= 4 is 0 Å². The van der Waals surface area contributed by atoms with E-state index in [1.165, 1.54) is 18.4 Å². The molecule has 3 nitrogen and oxygen atoms in total. The minimum Gasteiger partial charge on any atom is -0.311 e. The monoisotopic (exact) mass is 240 g/mol. The lowest BCUT2D eigenvalue weighted by atomic mass is 10.1. The Morgan fingerprint density at radius 3 is 2.72 bits per heavy atom. The quantitative estimate of drug-likeness (QED) is 0.891. The summed E-state index contributed by atoms with van der Waals surface area (Å²) in [6.45, 7) is 0. The highest BCUT2D eigenvalue weighted by molar-refractivity contribution is 5.21. The molecule has 1 fully saturated rings. The van der Waals surface area contributed by atoms with Crippen molar-refractivity contribution in [1.82, 2.24) is 9.97 Å². The van der Waals surface area contributed by atoms with Crippen LogP contribution in [0.1, 0.15) is 29.9 Å². The third kappa shape index (κ3) is 2.86. The van der Waals surface area contributed by atoms with Crippen molar-refractivity contribution in [2.75, 3.05) is 0 Å². The van der Waals surface area contributed by atoms with Crippen LogP contribution >= 0.6 is 0 Å². The maximum Gasteiger partial charge on any atom is 0.251 e. The fraction of sp³-hybridized carbons (Fsp3) is 0.333. The number of nitrogens with one attached hydrogen (secondary N) is 1. The molecule has 1 heterocycles. The zero-order valence-electron chi connectivity index (χ0n) is 10.2. The maximum atomic E-state index is 11.6. The van der Waals surface area contributed by atoms with Crippen molar-refractivity contribution in [3.63, 3.8) is 0 Å². The Bertz CT molecular complexity index is 585.